The summed E-state index contributed by atoms with van der Waals surface area (Å²) in [5, 5.41) is 9.60. The molecular weight excluding hydrogens is 318 g/mol. The number of carboxylic acid groups (broad SMARTS) is 1. The monoisotopic (exact) mass is 327 g/mol. The Kier molecular flexibility index (Phi) is 3.98. The first-order valence-corrected chi connectivity index (χ1v) is 6.85. The van der Waals surface area contributed by atoms with Gasteiger partial charge in [-0.2, -0.15) is 0 Å². The molecule has 0 unspecified atom stereocenters. The molecule has 0 aliphatic rings. The van der Waals surface area contributed by atoms with Gasteiger partial charge in [0.2, 0.25) is 0 Å². The molecule has 0 spiro atoms. The molecule has 18 heavy (non-hydrogen) atoms. The zero-order valence-electron chi connectivity index (χ0n) is 9.51. The number of halogens is 1. The first-order chi connectivity index (χ1) is 8.61. The van der Waals surface area contributed by atoms with Crippen molar-refractivity contribution in [3.8, 4) is 16.3 Å². The zero-order chi connectivity index (χ0) is 13.1. The lowest BCUT2D eigenvalue weighted by molar-refractivity contribution is 0.0690. The molecule has 6 heteroatoms. The van der Waals surface area contributed by atoms with Gasteiger partial charge in [-0.3, -0.25) is 0 Å². The summed E-state index contributed by atoms with van der Waals surface area (Å²) in [5.74, 6) is -0.245. The Morgan fingerprint density at radius 1 is 1.44 bits per heavy atom. The van der Waals surface area contributed by atoms with E-state index in [1.807, 2.05) is 31.2 Å². The number of thiazole rings is 1. The number of benzene rings is 1. The predicted octanol–water partition coefficient (Wildman–Crippen LogP) is 3.67. The molecule has 1 heterocycles. The van der Waals surface area contributed by atoms with E-state index in [0.717, 1.165) is 11.3 Å². The van der Waals surface area contributed by atoms with Crippen molar-refractivity contribution in [3.05, 3.63) is 33.7 Å². The molecule has 2 aromatic rings. The molecule has 4 nitrogen and oxygen atoms in total. The van der Waals surface area contributed by atoms with Crippen molar-refractivity contribution in [1.29, 1.82) is 0 Å². The Morgan fingerprint density at radius 2 is 2.11 bits per heavy atom. The average Bonchev–Trinajstić information content (AvgIpc) is 2.73. The molecule has 0 saturated carbocycles. The van der Waals surface area contributed by atoms with Crippen molar-refractivity contribution < 1.29 is 14.6 Å². The van der Waals surface area contributed by atoms with Gasteiger partial charge < -0.3 is 9.84 Å². The van der Waals surface area contributed by atoms with Crippen LogP contribution in [0.3, 0.4) is 0 Å². The van der Waals surface area contributed by atoms with Gasteiger partial charge >= 0.3 is 5.97 Å². The highest BCUT2D eigenvalue weighted by Crippen LogP contribution is 2.32. The van der Waals surface area contributed by atoms with Gasteiger partial charge in [-0.05, 0) is 47.1 Å². The molecule has 0 saturated heterocycles. The van der Waals surface area contributed by atoms with E-state index in [0.29, 0.717) is 15.4 Å². The standard InChI is InChI=1S/C12H10BrNO3S/c1-2-17-8-5-3-7(4-6-8)11-14-9(12(15)16)10(13)18-11/h3-6H,2H2,1H3,(H,15,16). The lowest BCUT2D eigenvalue weighted by Gasteiger charge is -2.02. The Hall–Kier alpha value is -1.40. The Bertz CT molecular complexity index is 565. The van der Waals surface area contributed by atoms with Gasteiger partial charge in [-0.25, -0.2) is 9.78 Å². The minimum Gasteiger partial charge on any atom is -0.494 e. The normalized spacial score (nSPS) is 10.3. The van der Waals surface area contributed by atoms with E-state index >= 15 is 0 Å². The van der Waals surface area contributed by atoms with Crippen molar-refractivity contribution in [2.45, 2.75) is 6.92 Å². The second-order valence-electron chi connectivity index (χ2n) is 3.40. The SMILES string of the molecule is CCOc1ccc(-c2nc(C(=O)O)c(Br)s2)cc1. The van der Waals surface area contributed by atoms with Crippen LogP contribution in [-0.2, 0) is 0 Å². The average molecular weight is 328 g/mol. The fraction of sp³-hybridized carbons (Fsp3) is 0.167. The summed E-state index contributed by atoms with van der Waals surface area (Å²) < 4.78 is 5.87. The Balaban J connectivity index is 2.31. The van der Waals surface area contributed by atoms with E-state index in [9.17, 15) is 4.79 Å². The number of nitrogens with zero attached hydrogens (tertiary/aromatic N) is 1. The maximum atomic E-state index is 10.9. The molecule has 0 aliphatic heterocycles. The van der Waals surface area contributed by atoms with Crippen LogP contribution in [0.15, 0.2) is 28.1 Å². The highest BCUT2D eigenvalue weighted by Gasteiger charge is 2.16. The minimum absolute atomic E-state index is 0.0453. The number of rotatable bonds is 4. The molecule has 0 radical (unpaired) electrons. The second-order valence-corrected chi connectivity index (χ2v) is 5.72. The molecule has 94 valence electrons. The van der Waals surface area contributed by atoms with Gasteiger partial charge in [-0.15, -0.1) is 11.3 Å². The Labute approximate surface area is 116 Å². The first kappa shape index (κ1) is 13.0. The van der Waals surface area contributed by atoms with Crippen LogP contribution >= 0.6 is 27.3 Å². The number of aromatic carboxylic acids is 1. The maximum Gasteiger partial charge on any atom is 0.356 e. The summed E-state index contributed by atoms with van der Waals surface area (Å²) in [4.78, 5) is 15.0. The molecular formula is C12H10BrNO3S. The van der Waals surface area contributed by atoms with Gasteiger partial charge in [0.05, 0.1) is 6.61 Å². The van der Waals surface area contributed by atoms with Crippen LogP contribution in [0.4, 0.5) is 0 Å². The van der Waals surface area contributed by atoms with Crippen molar-refractivity contribution in [2.24, 2.45) is 0 Å². The highest BCUT2D eigenvalue weighted by atomic mass is 79.9. The number of hydrogen-bond acceptors (Lipinski definition) is 4. The molecule has 1 aromatic carbocycles. The zero-order valence-corrected chi connectivity index (χ0v) is 11.9. The third-order valence-corrected chi connectivity index (χ3v) is 3.95. The van der Waals surface area contributed by atoms with Crippen LogP contribution < -0.4 is 4.74 Å². The van der Waals surface area contributed by atoms with Crippen LogP contribution in [0.1, 0.15) is 17.4 Å². The van der Waals surface area contributed by atoms with Gasteiger partial charge in [0.25, 0.3) is 0 Å². The molecule has 2 rings (SSSR count). The van der Waals surface area contributed by atoms with Crippen molar-refractivity contribution >= 4 is 33.2 Å². The third-order valence-electron chi connectivity index (χ3n) is 2.20. The van der Waals surface area contributed by atoms with Gasteiger partial charge in [0.1, 0.15) is 14.5 Å². The summed E-state index contributed by atoms with van der Waals surface area (Å²) in [5.41, 5.74) is 0.917. The molecule has 0 atom stereocenters. The van der Waals surface area contributed by atoms with E-state index in [-0.39, 0.29) is 5.69 Å². The second kappa shape index (κ2) is 5.49. The predicted molar refractivity (Wildman–Crippen MR) is 73.4 cm³/mol. The number of carbonyl (C=O) groups is 1. The fourth-order valence-electron chi connectivity index (χ4n) is 1.42. The molecule has 0 aliphatic carbocycles. The van der Waals surface area contributed by atoms with Crippen LogP contribution in [-0.4, -0.2) is 22.7 Å². The summed E-state index contributed by atoms with van der Waals surface area (Å²) in [6.07, 6.45) is 0. The smallest absolute Gasteiger partial charge is 0.356 e. The van der Waals surface area contributed by atoms with E-state index in [2.05, 4.69) is 20.9 Å². The fourth-order valence-corrected chi connectivity index (χ4v) is 2.93. The summed E-state index contributed by atoms with van der Waals surface area (Å²) >= 11 is 4.50. The first-order valence-electron chi connectivity index (χ1n) is 5.24. The summed E-state index contributed by atoms with van der Waals surface area (Å²) in [6.45, 7) is 2.54. The molecule has 0 bridgehead atoms. The van der Waals surface area contributed by atoms with Crippen molar-refractivity contribution in [2.75, 3.05) is 6.61 Å². The third kappa shape index (κ3) is 2.70. The number of aromatic nitrogens is 1. The number of ether oxygens (including phenoxy) is 1. The Morgan fingerprint density at radius 3 is 2.61 bits per heavy atom. The van der Waals surface area contributed by atoms with E-state index in [1.165, 1.54) is 11.3 Å². The topological polar surface area (TPSA) is 59.4 Å². The van der Waals surface area contributed by atoms with E-state index in [4.69, 9.17) is 9.84 Å². The quantitative estimate of drug-likeness (QED) is 0.930. The molecule has 1 aromatic heterocycles. The van der Waals surface area contributed by atoms with Crippen LogP contribution in [0, 0.1) is 0 Å². The van der Waals surface area contributed by atoms with Gasteiger partial charge in [0, 0.05) is 5.56 Å². The minimum atomic E-state index is -1.03. The maximum absolute atomic E-state index is 10.9. The van der Waals surface area contributed by atoms with Crippen LogP contribution in [0.25, 0.3) is 10.6 Å². The summed E-state index contributed by atoms with van der Waals surface area (Å²) in [7, 11) is 0. The molecule has 0 fully saturated rings. The lowest BCUT2D eigenvalue weighted by Crippen LogP contribution is -1.97. The van der Waals surface area contributed by atoms with E-state index < -0.39 is 5.97 Å². The van der Waals surface area contributed by atoms with Crippen LogP contribution in [0.5, 0.6) is 5.75 Å². The molecule has 0 amide bonds. The molecule has 1 N–H and O–H groups in total. The lowest BCUT2D eigenvalue weighted by atomic mass is 10.2. The van der Waals surface area contributed by atoms with Gasteiger partial charge in [-0.1, -0.05) is 0 Å². The highest BCUT2D eigenvalue weighted by molar-refractivity contribution is 9.11. The van der Waals surface area contributed by atoms with Gasteiger partial charge in [0.15, 0.2) is 5.69 Å². The van der Waals surface area contributed by atoms with Crippen LogP contribution in [0.2, 0.25) is 0 Å². The number of carboxylic acids is 1. The largest absolute Gasteiger partial charge is 0.494 e. The summed E-state index contributed by atoms with van der Waals surface area (Å²) in [6, 6.07) is 7.41. The number of hydrogen-bond donors (Lipinski definition) is 1. The van der Waals surface area contributed by atoms with Crippen molar-refractivity contribution in [1.82, 2.24) is 4.98 Å². The van der Waals surface area contributed by atoms with Crippen molar-refractivity contribution in [3.63, 3.8) is 0 Å². The van der Waals surface area contributed by atoms with E-state index in [1.54, 1.807) is 0 Å².